The number of amides is 2. The molecule has 0 bridgehead atoms. The van der Waals surface area contributed by atoms with E-state index in [1.54, 1.807) is 40.0 Å². The number of methoxy groups -OCH3 is 4. The number of carbonyl (C=O) groups is 4. The van der Waals surface area contributed by atoms with Crippen LogP contribution < -0.4 is 18.9 Å². The highest BCUT2D eigenvalue weighted by atomic mass is 19.1. The van der Waals surface area contributed by atoms with Gasteiger partial charge in [-0.05, 0) is 80.8 Å². The van der Waals surface area contributed by atoms with E-state index in [0.29, 0.717) is 17.7 Å². The number of ketones is 1. The van der Waals surface area contributed by atoms with E-state index in [2.05, 4.69) is 0 Å². The average Bonchev–Trinajstić information content (AvgIpc) is 3.38. The molecule has 4 rings (SSSR count). The molecular weight excluding hydrogens is 739 g/mol. The van der Waals surface area contributed by atoms with Crippen molar-refractivity contribution in [2.45, 2.75) is 90.9 Å². The molecule has 1 aliphatic rings. The van der Waals surface area contributed by atoms with Crippen LogP contribution in [0.4, 0.5) is 9.18 Å². The maximum absolute atomic E-state index is 15.5. The van der Waals surface area contributed by atoms with E-state index in [9.17, 15) is 19.2 Å². The summed E-state index contributed by atoms with van der Waals surface area (Å²) in [6.45, 7) is 13.5. The Morgan fingerprint density at radius 2 is 1.33 bits per heavy atom. The first kappa shape index (κ1) is 44.3. The maximum Gasteiger partial charge on any atom is 0.410 e. The Kier molecular flexibility index (Phi) is 14.6. The number of carbonyl (C=O) groups excluding carboxylic acids is 4. The van der Waals surface area contributed by atoms with Gasteiger partial charge in [0.1, 0.15) is 34.8 Å². The third kappa shape index (κ3) is 9.96. The van der Waals surface area contributed by atoms with E-state index < -0.39 is 47.3 Å². The largest absolute Gasteiger partial charge is 0.496 e. The molecule has 14 heteroatoms. The quantitative estimate of drug-likeness (QED) is 0.0946. The summed E-state index contributed by atoms with van der Waals surface area (Å²) in [6.07, 6.45) is -0.829. The predicted molar refractivity (Wildman–Crippen MR) is 210 cm³/mol. The summed E-state index contributed by atoms with van der Waals surface area (Å²) in [5, 5.41) is 1.16. The van der Waals surface area contributed by atoms with E-state index in [-0.39, 0.29) is 65.3 Å². The molecule has 13 nitrogen and oxygen atoms in total. The van der Waals surface area contributed by atoms with Gasteiger partial charge in [-0.15, -0.1) is 0 Å². The molecule has 1 heterocycles. The van der Waals surface area contributed by atoms with Crippen molar-refractivity contribution in [2.75, 3.05) is 48.6 Å². The summed E-state index contributed by atoms with van der Waals surface area (Å²) in [6, 6.07) is 9.46. The standard InChI is InChI=1S/C43H55FN2O11/c1-24(2)29-20-28(21-30(25(3)4)38(29)53-10)40(48)46(55-12)31-23-45(42(50)57-43(5,6)7)19-13-14-32(31)56-41(49)27-17-15-26(16-18-27)37(47)35-33(51-8)22-34(52-9)39(54-11)36(35)44/h15-18,20-22,24-25,31-32H,13-14,19,23H2,1-12H3/t31-,32-/m1/s1. The molecule has 1 saturated heterocycles. The summed E-state index contributed by atoms with van der Waals surface area (Å²) >= 11 is 0. The van der Waals surface area contributed by atoms with Gasteiger partial charge in [-0.3, -0.25) is 14.4 Å². The minimum absolute atomic E-state index is 0.0252. The predicted octanol–water partition coefficient (Wildman–Crippen LogP) is 7.97. The molecule has 0 aliphatic carbocycles. The molecule has 2 amide bonds. The highest BCUT2D eigenvalue weighted by molar-refractivity contribution is 6.11. The zero-order chi connectivity index (χ0) is 42.4. The second-order valence-electron chi connectivity index (χ2n) is 15.3. The smallest absolute Gasteiger partial charge is 0.410 e. The Hall–Kier alpha value is -5.37. The van der Waals surface area contributed by atoms with Crippen LogP contribution in [0.5, 0.6) is 23.0 Å². The highest BCUT2D eigenvalue weighted by Gasteiger charge is 2.40. The van der Waals surface area contributed by atoms with E-state index in [1.165, 1.54) is 63.7 Å². The minimum atomic E-state index is -0.963. The van der Waals surface area contributed by atoms with Crippen molar-refractivity contribution < 1.29 is 56.8 Å². The van der Waals surface area contributed by atoms with Crippen LogP contribution in [0.1, 0.15) is 121 Å². The van der Waals surface area contributed by atoms with Crippen molar-refractivity contribution in [1.82, 2.24) is 9.96 Å². The lowest BCUT2D eigenvalue weighted by atomic mass is 9.91. The summed E-state index contributed by atoms with van der Waals surface area (Å²) in [4.78, 5) is 62.6. The topological polar surface area (TPSA) is 139 Å². The zero-order valence-electron chi connectivity index (χ0n) is 34.9. The van der Waals surface area contributed by atoms with Crippen LogP contribution in [0.3, 0.4) is 0 Å². The molecule has 3 aromatic carbocycles. The fraction of sp³-hybridized carbons (Fsp3) is 0.488. The fourth-order valence-corrected chi connectivity index (χ4v) is 6.76. The van der Waals surface area contributed by atoms with Gasteiger partial charge in [0.25, 0.3) is 5.91 Å². The molecule has 57 heavy (non-hydrogen) atoms. The number of esters is 1. The van der Waals surface area contributed by atoms with Gasteiger partial charge in [0.2, 0.25) is 0 Å². The first-order valence-corrected chi connectivity index (χ1v) is 18.8. The lowest BCUT2D eigenvalue weighted by Gasteiger charge is -2.36. The lowest BCUT2D eigenvalue weighted by Crippen LogP contribution is -2.53. The summed E-state index contributed by atoms with van der Waals surface area (Å²) < 4.78 is 48.8. The van der Waals surface area contributed by atoms with Gasteiger partial charge in [-0.1, -0.05) is 39.8 Å². The van der Waals surface area contributed by atoms with E-state index in [1.807, 2.05) is 27.7 Å². The van der Waals surface area contributed by atoms with Gasteiger partial charge in [-0.2, -0.15) is 0 Å². The molecule has 0 saturated carbocycles. The number of rotatable bonds is 13. The molecule has 2 atom stereocenters. The summed E-state index contributed by atoms with van der Waals surface area (Å²) in [5.41, 5.74) is 1.03. The minimum Gasteiger partial charge on any atom is -0.496 e. The molecule has 0 unspecified atom stereocenters. The number of hydroxylamine groups is 2. The van der Waals surface area contributed by atoms with Crippen molar-refractivity contribution in [2.24, 2.45) is 0 Å². The van der Waals surface area contributed by atoms with Crippen molar-refractivity contribution >= 4 is 23.8 Å². The highest BCUT2D eigenvalue weighted by Crippen LogP contribution is 2.40. The van der Waals surface area contributed by atoms with Crippen LogP contribution in [-0.2, 0) is 14.3 Å². The van der Waals surface area contributed by atoms with Gasteiger partial charge in [-0.25, -0.2) is 19.0 Å². The lowest BCUT2D eigenvalue weighted by molar-refractivity contribution is -0.150. The van der Waals surface area contributed by atoms with Gasteiger partial charge in [0, 0.05) is 23.7 Å². The summed E-state index contributed by atoms with van der Waals surface area (Å²) in [7, 11) is 6.84. The Bertz CT molecular complexity index is 1910. The number of hydrogen-bond donors (Lipinski definition) is 0. The molecule has 0 N–H and O–H groups in total. The Morgan fingerprint density at radius 1 is 0.772 bits per heavy atom. The molecular formula is C43H55FN2O11. The van der Waals surface area contributed by atoms with E-state index in [4.69, 9.17) is 33.3 Å². The van der Waals surface area contributed by atoms with Crippen molar-refractivity contribution in [1.29, 1.82) is 0 Å². The third-order valence-electron chi connectivity index (χ3n) is 9.61. The van der Waals surface area contributed by atoms with Crippen molar-refractivity contribution in [3.63, 3.8) is 0 Å². The second-order valence-corrected chi connectivity index (χ2v) is 15.3. The monoisotopic (exact) mass is 794 g/mol. The first-order valence-electron chi connectivity index (χ1n) is 18.8. The average molecular weight is 795 g/mol. The summed E-state index contributed by atoms with van der Waals surface area (Å²) in [5.74, 6) is -2.45. The maximum atomic E-state index is 15.5. The number of ether oxygens (including phenoxy) is 6. The Labute approximate surface area is 334 Å². The molecule has 0 aromatic heterocycles. The molecule has 1 aliphatic heterocycles. The Morgan fingerprint density at radius 3 is 1.82 bits per heavy atom. The van der Waals surface area contributed by atoms with Crippen LogP contribution >= 0.6 is 0 Å². The molecule has 0 radical (unpaired) electrons. The van der Waals surface area contributed by atoms with Crippen molar-refractivity contribution in [3.05, 3.63) is 81.7 Å². The number of likely N-dealkylation sites (tertiary alicyclic amines) is 1. The van der Waals surface area contributed by atoms with Crippen LogP contribution in [0.15, 0.2) is 42.5 Å². The molecule has 3 aromatic rings. The second kappa shape index (κ2) is 18.7. The number of nitrogens with zero attached hydrogens (tertiary/aromatic N) is 2. The third-order valence-corrected chi connectivity index (χ3v) is 9.61. The number of benzene rings is 3. The first-order chi connectivity index (χ1) is 26.9. The van der Waals surface area contributed by atoms with Crippen LogP contribution in [-0.4, -0.2) is 100 Å². The number of halogens is 1. The van der Waals surface area contributed by atoms with Gasteiger partial charge >= 0.3 is 12.1 Å². The van der Waals surface area contributed by atoms with Crippen LogP contribution in [0, 0.1) is 5.82 Å². The van der Waals surface area contributed by atoms with E-state index >= 15 is 4.39 Å². The van der Waals surface area contributed by atoms with Crippen LogP contribution in [0.25, 0.3) is 0 Å². The van der Waals surface area contributed by atoms with Gasteiger partial charge in [0.15, 0.2) is 23.1 Å². The fourth-order valence-electron chi connectivity index (χ4n) is 6.76. The van der Waals surface area contributed by atoms with Gasteiger partial charge < -0.3 is 33.3 Å². The SMILES string of the molecule is COc1cc(OC)c(C(=O)c2ccc(C(=O)O[C@@H]3CCCN(C(=O)OC(C)(C)C)C[C@H]3N(OC)C(=O)c3cc(C(C)C)c(OC)c(C(C)C)c3)cc2)c(F)c1OC. The number of hydrogen-bond acceptors (Lipinski definition) is 11. The molecule has 0 spiro atoms. The van der Waals surface area contributed by atoms with Crippen molar-refractivity contribution in [3.8, 4) is 23.0 Å². The Balaban J connectivity index is 1.70. The molecule has 310 valence electrons. The van der Waals surface area contributed by atoms with Crippen LogP contribution in [0.2, 0.25) is 0 Å². The van der Waals surface area contributed by atoms with E-state index in [0.717, 1.165) is 16.2 Å². The molecule has 1 fully saturated rings. The normalized spacial score (nSPS) is 15.8. The zero-order valence-corrected chi connectivity index (χ0v) is 34.9. The van der Waals surface area contributed by atoms with Gasteiger partial charge in [0.05, 0.1) is 47.7 Å².